The van der Waals surface area contributed by atoms with Crippen LogP contribution in [0.3, 0.4) is 0 Å². The normalized spacial score (nSPS) is 25.3. The number of hydrogen-bond donors (Lipinski definition) is 1. The quantitative estimate of drug-likeness (QED) is 0.793. The van der Waals surface area contributed by atoms with E-state index in [4.69, 9.17) is 0 Å². The highest BCUT2D eigenvalue weighted by molar-refractivity contribution is 4.85. The predicted octanol–water partition coefficient (Wildman–Crippen LogP) is 2.74. The smallest absolute Gasteiger partial charge is 0.0243 e. The van der Waals surface area contributed by atoms with Crippen molar-refractivity contribution in [2.75, 3.05) is 19.6 Å². The van der Waals surface area contributed by atoms with Crippen LogP contribution in [0, 0.1) is 11.8 Å². The molecule has 1 aliphatic heterocycles. The highest BCUT2D eigenvalue weighted by atomic mass is 15.2. The van der Waals surface area contributed by atoms with Crippen molar-refractivity contribution in [3.63, 3.8) is 0 Å². The molecule has 96 valence electrons. The summed E-state index contributed by atoms with van der Waals surface area (Å²) in [5.41, 5.74) is 0.235. The molecule has 0 saturated carbocycles. The fraction of sp³-hybridized carbons (Fsp3) is 1.00. The first-order valence-electron chi connectivity index (χ1n) is 6.78. The number of likely N-dealkylation sites (tertiary alicyclic amines) is 1. The topological polar surface area (TPSA) is 15.3 Å². The molecule has 0 bridgehead atoms. The highest BCUT2D eigenvalue weighted by Crippen LogP contribution is 2.21. The van der Waals surface area contributed by atoms with Gasteiger partial charge < -0.3 is 5.32 Å². The summed E-state index contributed by atoms with van der Waals surface area (Å²) in [6, 6.07) is 0.698. The van der Waals surface area contributed by atoms with Gasteiger partial charge in [-0.15, -0.1) is 0 Å². The first kappa shape index (κ1) is 14.0. The summed E-state index contributed by atoms with van der Waals surface area (Å²) in [5, 5.41) is 3.65. The summed E-state index contributed by atoms with van der Waals surface area (Å²) >= 11 is 0. The third kappa shape index (κ3) is 4.42. The minimum atomic E-state index is 0.235. The lowest BCUT2D eigenvalue weighted by Gasteiger charge is -2.34. The molecule has 1 N–H and O–H groups in total. The summed E-state index contributed by atoms with van der Waals surface area (Å²) in [5.74, 6) is 1.62. The van der Waals surface area contributed by atoms with E-state index in [2.05, 4.69) is 51.8 Å². The minimum absolute atomic E-state index is 0.235. The van der Waals surface area contributed by atoms with Gasteiger partial charge in [0.1, 0.15) is 0 Å². The van der Waals surface area contributed by atoms with E-state index in [1.54, 1.807) is 0 Å². The van der Waals surface area contributed by atoms with Crippen molar-refractivity contribution in [2.24, 2.45) is 11.8 Å². The molecule has 1 rings (SSSR count). The zero-order chi connectivity index (χ0) is 12.3. The Morgan fingerprint density at radius 3 is 2.31 bits per heavy atom. The van der Waals surface area contributed by atoms with Crippen molar-refractivity contribution in [3.05, 3.63) is 0 Å². The molecule has 0 amide bonds. The molecule has 0 aromatic heterocycles. The first-order valence-corrected chi connectivity index (χ1v) is 6.78. The molecule has 2 unspecified atom stereocenters. The molecule has 16 heavy (non-hydrogen) atoms. The third-order valence-electron chi connectivity index (χ3n) is 3.54. The summed E-state index contributed by atoms with van der Waals surface area (Å²) in [6.07, 6.45) is 1.37. The minimum Gasteiger partial charge on any atom is -0.311 e. The van der Waals surface area contributed by atoms with Crippen LogP contribution in [0.1, 0.15) is 48.0 Å². The van der Waals surface area contributed by atoms with Crippen LogP contribution in [0.5, 0.6) is 0 Å². The first-order chi connectivity index (χ1) is 7.29. The van der Waals surface area contributed by atoms with Gasteiger partial charge in [-0.25, -0.2) is 0 Å². The maximum absolute atomic E-state index is 3.65. The van der Waals surface area contributed by atoms with Gasteiger partial charge in [0.05, 0.1) is 0 Å². The zero-order valence-corrected chi connectivity index (χ0v) is 12.0. The van der Waals surface area contributed by atoms with E-state index < -0.39 is 0 Å². The van der Waals surface area contributed by atoms with Gasteiger partial charge in [0, 0.05) is 24.7 Å². The van der Waals surface area contributed by atoms with Gasteiger partial charge in [0.15, 0.2) is 0 Å². The van der Waals surface area contributed by atoms with Crippen LogP contribution in [0.2, 0.25) is 0 Å². The van der Waals surface area contributed by atoms with E-state index in [0.717, 1.165) is 18.4 Å². The Balaban J connectivity index is 2.48. The Labute approximate surface area is 102 Å². The molecule has 0 aromatic carbocycles. The number of hydrogen-bond acceptors (Lipinski definition) is 2. The molecule has 1 aliphatic rings. The fourth-order valence-corrected chi connectivity index (χ4v) is 2.47. The molecule has 1 heterocycles. The molecule has 0 aliphatic carbocycles. The maximum Gasteiger partial charge on any atom is 0.0243 e. The molecule has 0 aromatic rings. The molecular weight excluding hydrogens is 196 g/mol. The van der Waals surface area contributed by atoms with Crippen LogP contribution in [-0.4, -0.2) is 36.1 Å². The molecule has 2 heteroatoms. The SMILES string of the molecule is CC1CCN(C(CNC(C)(C)C)C(C)C)C1. The summed E-state index contributed by atoms with van der Waals surface area (Å²) < 4.78 is 0. The van der Waals surface area contributed by atoms with Gasteiger partial charge in [-0.05, 0) is 45.6 Å². The van der Waals surface area contributed by atoms with Gasteiger partial charge in [0.2, 0.25) is 0 Å². The number of nitrogens with zero attached hydrogens (tertiary/aromatic N) is 1. The van der Waals surface area contributed by atoms with E-state index in [0.29, 0.717) is 6.04 Å². The zero-order valence-electron chi connectivity index (χ0n) is 12.0. The van der Waals surface area contributed by atoms with Gasteiger partial charge in [-0.3, -0.25) is 4.90 Å². The molecule has 1 saturated heterocycles. The van der Waals surface area contributed by atoms with Gasteiger partial charge in [0.25, 0.3) is 0 Å². The standard InChI is InChI=1S/C14H30N2/c1-11(2)13(9-15-14(4,5)6)16-8-7-12(3)10-16/h11-13,15H,7-10H2,1-6H3. The lowest BCUT2D eigenvalue weighted by atomic mass is 10.0. The van der Waals surface area contributed by atoms with Crippen molar-refractivity contribution < 1.29 is 0 Å². The summed E-state index contributed by atoms with van der Waals surface area (Å²) in [4.78, 5) is 2.67. The Morgan fingerprint density at radius 1 is 1.31 bits per heavy atom. The van der Waals surface area contributed by atoms with E-state index in [1.807, 2.05) is 0 Å². The largest absolute Gasteiger partial charge is 0.311 e. The molecule has 0 radical (unpaired) electrons. The van der Waals surface area contributed by atoms with Gasteiger partial charge in [-0.2, -0.15) is 0 Å². The third-order valence-corrected chi connectivity index (χ3v) is 3.54. The van der Waals surface area contributed by atoms with E-state index in [-0.39, 0.29) is 5.54 Å². The second kappa shape index (κ2) is 5.50. The van der Waals surface area contributed by atoms with E-state index in [9.17, 15) is 0 Å². The molecule has 1 fully saturated rings. The average Bonchev–Trinajstić information content (AvgIpc) is 2.49. The van der Waals surface area contributed by atoms with Crippen LogP contribution in [-0.2, 0) is 0 Å². The fourth-order valence-electron chi connectivity index (χ4n) is 2.47. The summed E-state index contributed by atoms with van der Waals surface area (Å²) in [7, 11) is 0. The van der Waals surface area contributed by atoms with Crippen LogP contribution in [0.25, 0.3) is 0 Å². The van der Waals surface area contributed by atoms with Crippen LogP contribution in [0.15, 0.2) is 0 Å². The molecule has 0 spiro atoms. The Kier molecular flexibility index (Phi) is 4.81. The average molecular weight is 226 g/mol. The lowest BCUT2D eigenvalue weighted by molar-refractivity contribution is 0.171. The second-order valence-electron chi connectivity index (χ2n) is 6.83. The van der Waals surface area contributed by atoms with Crippen molar-refractivity contribution in [1.82, 2.24) is 10.2 Å². The van der Waals surface area contributed by atoms with Crippen LogP contribution in [0.4, 0.5) is 0 Å². The molecular formula is C14H30N2. The number of nitrogens with one attached hydrogen (secondary N) is 1. The Bertz CT molecular complexity index is 205. The monoisotopic (exact) mass is 226 g/mol. The molecule has 2 nitrogen and oxygen atoms in total. The van der Waals surface area contributed by atoms with Crippen molar-refractivity contribution in [1.29, 1.82) is 0 Å². The van der Waals surface area contributed by atoms with Crippen molar-refractivity contribution in [2.45, 2.75) is 59.5 Å². The van der Waals surface area contributed by atoms with E-state index >= 15 is 0 Å². The highest BCUT2D eigenvalue weighted by Gasteiger charge is 2.28. The van der Waals surface area contributed by atoms with Gasteiger partial charge >= 0.3 is 0 Å². The second-order valence-corrected chi connectivity index (χ2v) is 6.83. The Morgan fingerprint density at radius 2 is 1.94 bits per heavy atom. The Hall–Kier alpha value is -0.0800. The molecule has 2 atom stereocenters. The van der Waals surface area contributed by atoms with Crippen LogP contribution < -0.4 is 5.32 Å². The van der Waals surface area contributed by atoms with Crippen molar-refractivity contribution in [3.8, 4) is 0 Å². The maximum atomic E-state index is 3.65. The van der Waals surface area contributed by atoms with E-state index in [1.165, 1.54) is 19.5 Å². The number of rotatable bonds is 4. The van der Waals surface area contributed by atoms with Gasteiger partial charge in [-0.1, -0.05) is 20.8 Å². The van der Waals surface area contributed by atoms with Crippen molar-refractivity contribution >= 4 is 0 Å². The predicted molar refractivity (Wildman–Crippen MR) is 71.7 cm³/mol. The lowest BCUT2D eigenvalue weighted by Crippen LogP contribution is -2.49. The summed E-state index contributed by atoms with van der Waals surface area (Å²) in [6.45, 7) is 17.5. The van der Waals surface area contributed by atoms with Crippen LogP contribution >= 0.6 is 0 Å².